The summed E-state index contributed by atoms with van der Waals surface area (Å²) in [6.45, 7) is 2.20. The first-order valence-electron chi connectivity index (χ1n) is 8.74. The molecular formula is C20H19N5O2S. The minimum atomic E-state index is -0.502. The van der Waals surface area contributed by atoms with Gasteiger partial charge in [-0.05, 0) is 31.0 Å². The fraction of sp³-hybridized carbons (Fsp3) is 0.200. The largest absolute Gasteiger partial charge is 0.343 e. The number of aromatic nitrogens is 3. The van der Waals surface area contributed by atoms with Gasteiger partial charge in [-0.1, -0.05) is 54.2 Å². The van der Waals surface area contributed by atoms with Crippen LogP contribution in [0.3, 0.4) is 0 Å². The summed E-state index contributed by atoms with van der Waals surface area (Å²) in [5.74, 6) is -0.266. The lowest BCUT2D eigenvalue weighted by Gasteiger charge is -2.13. The Morgan fingerprint density at radius 3 is 2.71 bits per heavy atom. The topological polar surface area (TPSA) is 104 Å². The Morgan fingerprint density at radius 1 is 1.25 bits per heavy atom. The molecule has 1 heterocycles. The second kappa shape index (κ2) is 9.06. The van der Waals surface area contributed by atoms with Crippen LogP contribution in [-0.4, -0.2) is 25.9 Å². The molecule has 0 fully saturated rings. The molecule has 3 aromatic rings. The van der Waals surface area contributed by atoms with E-state index in [1.807, 2.05) is 36.4 Å². The van der Waals surface area contributed by atoms with Crippen molar-refractivity contribution in [3.8, 4) is 6.07 Å². The van der Waals surface area contributed by atoms with Gasteiger partial charge in [0.25, 0.3) is 0 Å². The van der Waals surface area contributed by atoms with Crippen molar-refractivity contribution in [3.05, 3.63) is 76.2 Å². The van der Waals surface area contributed by atoms with E-state index >= 15 is 0 Å². The van der Waals surface area contributed by atoms with Gasteiger partial charge in [0.15, 0.2) is 5.16 Å². The second-order valence-electron chi connectivity index (χ2n) is 6.11. The molecule has 0 aliphatic carbocycles. The number of aromatic amines is 1. The predicted molar refractivity (Wildman–Crippen MR) is 108 cm³/mol. The molecule has 0 radical (unpaired) electrons. The quantitative estimate of drug-likeness (QED) is 0.601. The second-order valence-corrected chi connectivity index (χ2v) is 7.41. The van der Waals surface area contributed by atoms with E-state index in [2.05, 4.69) is 15.5 Å². The first-order valence-corrected chi connectivity index (χ1v) is 9.62. The molecule has 0 saturated carbocycles. The summed E-state index contributed by atoms with van der Waals surface area (Å²) in [5, 5.41) is 18.3. The highest BCUT2D eigenvalue weighted by Crippen LogP contribution is 2.22. The van der Waals surface area contributed by atoms with Crippen LogP contribution in [-0.2, 0) is 17.8 Å². The fourth-order valence-corrected chi connectivity index (χ4v) is 3.49. The Morgan fingerprint density at radius 2 is 1.96 bits per heavy atom. The lowest BCUT2D eigenvalue weighted by molar-refractivity contribution is -0.115. The predicted octanol–water partition coefficient (Wildman–Crippen LogP) is 2.81. The molecule has 1 atom stereocenters. The SMILES string of the molecule is CC(Sc1n[nH]c(=O)n1CCc1ccccc1)C(=O)Nc1ccccc1C#N. The molecule has 1 amide bonds. The van der Waals surface area contributed by atoms with Gasteiger partial charge in [0.05, 0.1) is 16.5 Å². The van der Waals surface area contributed by atoms with E-state index in [1.165, 1.54) is 16.3 Å². The van der Waals surface area contributed by atoms with Crippen LogP contribution in [0.25, 0.3) is 0 Å². The standard InChI is InChI=1S/C20H19N5O2S/c1-14(18(26)22-17-10-6-5-9-16(17)13-21)28-20-24-23-19(27)25(20)12-11-15-7-3-2-4-8-15/h2-10,14H,11-12H2,1H3,(H,22,26)(H,23,27). The Kier molecular flexibility index (Phi) is 6.29. The number of aryl methyl sites for hydroxylation is 1. The maximum atomic E-state index is 12.5. The number of carbonyl (C=O) groups is 1. The van der Waals surface area contributed by atoms with E-state index in [0.717, 1.165) is 5.56 Å². The Balaban J connectivity index is 1.67. The number of hydrogen-bond acceptors (Lipinski definition) is 5. The maximum absolute atomic E-state index is 12.5. The number of amides is 1. The third kappa shape index (κ3) is 4.69. The zero-order valence-corrected chi connectivity index (χ0v) is 16.1. The first kappa shape index (κ1) is 19.5. The number of para-hydroxylation sites is 1. The van der Waals surface area contributed by atoms with Gasteiger partial charge in [0.2, 0.25) is 5.91 Å². The molecule has 0 aliphatic heterocycles. The molecule has 0 saturated heterocycles. The molecule has 0 spiro atoms. The van der Waals surface area contributed by atoms with Crippen molar-refractivity contribution in [2.45, 2.75) is 30.3 Å². The van der Waals surface area contributed by atoms with E-state index in [-0.39, 0.29) is 11.6 Å². The average Bonchev–Trinajstić information content (AvgIpc) is 3.06. The zero-order valence-electron chi connectivity index (χ0n) is 15.3. The van der Waals surface area contributed by atoms with Gasteiger partial charge in [-0.15, -0.1) is 5.10 Å². The summed E-state index contributed by atoms with van der Waals surface area (Å²) in [5.41, 5.74) is 1.67. The highest BCUT2D eigenvalue weighted by molar-refractivity contribution is 8.00. The summed E-state index contributed by atoms with van der Waals surface area (Å²) in [6, 6.07) is 18.7. The fourth-order valence-electron chi connectivity index (χ4n) is 2.61. The van der Waals surface area contributed by atoms with Gasteiger partial charge < -0.3 is 5.32 Å². The minimum Gasteiger partial charge on any atom is -0.324 e. The highest BCUT2D eigenvalue weighted by atomic mass is 32.2. The van der Waals surface area contributed by atoms with Crippen molar-refractivity contribution < 1.29 is 4.79 Å². The molecule has 1 aromatic heterocycles. The number of rotatable bonds is 7. The molecule has 0 bridgehead atoms. The summed E-state index contributed by atoms with van der Waals surface area (Å²) in [6.07, 6.45) is 0.684. The molecule has 1 unspecified atom stereocenters. The van der Waals surface area contributed by atoms with Gasteiger partial charge in [0, 0.05) is 6.54 Å². The van der Waals surface area contributed by atoms with Crippen molar-refractivity contribution in [2.24, 2.45) is 0 Å². The summed E-state index contributed by atoms with van der Waals surface area (Å²) < 4.78 is 1.53. The highest BCUT2D eigenvalue weighted by Gasteiger charge is 2.20. The van der Waals surface area contributed by atoms with Crippen molar-refractivity contribution in [3.63, 3.8) is 0 Å². The molecule has 7 nitrogen and oxygen atoms in total. The number of nitriles is 1. The smallest absolute Gasteiger partial charge is 0.324 e. The van der Waals surface area contributed by atoms with Crippen LogP contribution in [0.4, 0.5) is 5.69 Å². The van der Waals surface area contributed by atoms with Crippen LogP contribution in [0.15, 0.2) is 64.5 Å². The van der Waals surface area contributed by atoms with E-state index < -0.39 is 5.25 Å². The van der Waals surface area contributed by atoms with Gasteiger partial charge in [0.1, 0.15) is 6.07 Å². The number of thioether (sulfide) groups is 1. The first-order chi connectivity index (χ1) is 13.6. The Hall–Kier alpha value is -3.31. The number of nitrogens with zero attached hydrogens (tertiary/aromatic N) is 3. The van der Waals surface area contributed by atoms with E-state index in [9.17, 15) is 9.59 Å². The van der Waals surface area contributed by atoms with Crippen LogP contribution < -0.4 is 11.0 Å². The van der Waals surface area contributed by atoms with Crippen LogP contribution in [0.1, 0.15) is 18.1 Å². The van der Waals surface area contributed by atoms with Gasteiger partial charge in [-0.25, -0.2) is 9.89 Å². The Labute approximate surface area is 166 Å². The zero-order chi connectivity index (χ0) is 19.9. The molecule has 8 heteroatoms. The van der Waals surface area contributed by atoms with Crippen molar-refractivity contribution in [1.29, 1.82) is 5.26 Å². The maximum Gasteiger partial charge on any atom is 0.343 e. The number of nitrogens with one attached hydrogen (secondary N) is 2. The van der Waals surface area contributed by atoms with E-state index in [4.69, 9.17) is 5.26 Å². The molecule has 28 heavy (non-hydrogen) atoms. The van der Waals surface area contributed by atoms with E-state index in [1.54, 1.807) is 31.2 Å². The number of benzene rings is 2. The Bertz CT molecular complexity index is 1050. The van der Waals surface area contributed by atoms with Gasteiger partial charge in [-0.2, -0.15) is 5.26 Å². The monoisotopic (exact) mass is 393 g/mol. The lowest BCUT2D eigenvalue weighted by Crippen LogP contribution is -2.24. The third-order valence-electron chi connectivity index (χ3n) is 4.15. The molecule has 3 rings (SSSR count). The number of carbonyl (C=O) groups excluding carboxylic acids is 1. The van der Waals surface area contributed by atoms with Crippen LogP contribution in [0.5, 0.6) is 0 Å². The van der Waals surface area contributed by atoms with Crippen molar-refractivity contribution in [2.75, 3.05) is 5.32 Å². The molecule has 2 N–H and O–H groups in total. The normalized spacial score (nSPS) is 11.6. The van der Waals surface area contributed by atoms with Crippen molar-refractivity contribution >= 4 is 23.4 Å². The van der Waals surface area contributed by atoms with Gasteiger partial charge in [-0.3, -0.25) is 9.36 Å². The summed E-state index contributed by atoms with van der Waals surface area (Å²) in [4.78, 5) is 24.6. The minimum absolute atomic E-state index is 0.266. The van der Waals surface area contributed by atoms with Crippen LogP contribution >= 0.6 is 11.8 Å². The average molecular weight is 393 g/mol. The van der Waals surface area contributed by atoms with Crippen LogP contribution in [0, 0.1) is 11.3 Å². The number of hydrogen-bond donors (Lipinski definition) is 2. The molecular weight excluding hydrogens is 374 g/mol. The van der Waals surface area contributed by atoms with Crippen LogP contribution in [0.2, 0.25) is 0 Å². The third-order valence-corrected chi connectivity index (χ3v) is 5.24. The summed E-state index contributed by atoms with van der Waals surface area (Å²) in [7, 11) is 0. The number of anilines is 1. The number of H-pyrrole nitrogens is 1. The lowest BCUT2D eigenvalue weighted by atomic mass is 10.1. The van der Waals surface area contributed by atoms with Gasteiger partial charge >= 0.3 is 5.69 Å². The van der Waals surface area contributed by atoms with Crippen molar-refractivity contribution in [1.82, 2.24) is 14.8 Å². The molecule has 0 aliphatic rings. The van der Waals surface area contributed by atoms with E-state index in [0.29, 0.717) is 29.4 Å². The summed E-state index contributed by atoms with van der Waals surface area (Å²) >= 11 is 1.19. The molecule has 2 aromatic carbocycles. The molecule has 142 valence electrons.